The molecule has 146 valence electrons. The predicted molar refractivity (Wildman–Crippen MR) is 97.4 cm³/mol. The van der Waals surface area contributed by atoms with E-state index in [1.54, 1.807) is 0 Å². The van der Waals surface area contributed by atoms with Gasteiger partial charge in [-0.3, -0.25) is 0 Å². The molecule has 2 aromatic rings. The number of aliphatic hydroxyl groups is 1. The van der Waals surface area contributed by atoms with Gasteiger partial charge in [-0.1, -0.05) is 55.8 Å². The molecule has 0 aromatic heterocycles. The van der Waals surface area contributed by atoms with Gasteiger partial charge in [0, 0.05) is 18.5 Å². The van der Waals surface area contributed by atoms with E-state index in [9.17, 15) is 18.3 Å². The first-order chi connectivity index (χ1) is 12.7. The monoisotopic (exact) mass is 379 g/mol. The molecule has 0 spiro atoms. The Bertz CT molecular complexity index is 750. The Labute approximate surface area is 157 Å². The van der Waals surface area contributed by atoms with E-state index in [1.165, 1.54) is 24.3 Å². The summed E-state index contributed by atoms with van der Waals surface area (Å²) in [4.78, 5) is 2.14. The summed E-state index contributed by atoms with van der Waals surface area (Å²) in [5, 5.41) is 12.0. The van der Waals surface area contributed by atoms with Gasteiger partial charge in [0.15, 0.2) is 0 Å². The summed E-state index contributed by atoms with van der Waals surface area (Å²) in [6, 6.07) is 14.9. The molecular weight excluding hydrogens is 355 g/mol. The number of hydrogen-bond acceptors (Lipinski definition) is 3. The molecule has 1 heterocycles. The molecule has 0 saturated carbocycles. The lowest BCUT2D eigenvalue weighted by molar-refractivity contribution is -0.274. The zero-order chi connectivity index (χ0) is 19.7. The quantitative estimate of drug-likeness (QED) is 0.799. The maximum atomic E-state index is 12.5. The van der Waals surface area contributed by atoms with Crippen molar-refractivity contribution in [2.75, 3.05) is 20.1 Å². The van der Waals surface area contributed by atoms with Crippen LogP contribution in [0.25, 0.3) is 0 Å². The minimum atomic E-state index is -4.74. The number of nitrogens with zero attached hydrogens (tertiary/aromatic N) is 1. The van der Waals surface area contributed by atoms with Crippen molar-refractivity contribution in [2.24, 2.45) is 5.41 Å². The van der Waals surface area contributed by atoms with Gasteiger partial charge >= 0.3 is 6.36 Å². The lowest BCUT2D eigenvalue weighted by atomic mass is 9.59. The Morgan fingerprint density at radius 3 is 2.04 bits per heavy atom. The molecule has 0 aliphatic carbocycles. The average molecular weight is 379 g/mol. The van der Waals surface area contributed by atoms with E-state index in [4.69, 9.17) is 0 Å². The third-order valence-corrected chi connectivity index (χ3v) is 5.34. The fourth-order valence-corrected chi connectivity index (χ4v) is 4.39. The highest BCUT2D eigenvalue weighted by Gasteiger charge is 2.57. The van der Waals surface area contributed by atoms with E-state index in [1.807, 2.05) is 37.4 Å². The average Bonchev–Trinajstić information content (AvgIpc) is 2.59. The molecule has 1 unspecified atom stereocenters. The summed E-state index contributed by atoms with van der Waals surface area (Å²) in [6.07, 6.45) is -3.03. The van der Waals surface area contributed by atoms with Gasteiger partial charge in [0.2, 0.25) is 0 Å². The molecule has 0 radical (unpaired) electrons. The van der Waals surface area contributed by atoms with Crippen LogP contribution in [0.2, 0.25) is 0 Å². The molecule has 1 saturated heterocycles. The summed E-state index contributed by atoms with van der Waals surface area (Å²) < 4.78 is 41.4. The van der Waals surface area contributed by atoms with Crippen LogP contribution >= 0.6 is 0 Å². The van der Waals surface area contributed by atoms with Crippen molar-refractivity contribution >= 4 is 0 Å². The minimum absolute atomic E-state index is 0.295. The molecule has 1 aliphatic rings. The Balaban J connectivity index is 2.06. The molecule has 2 aromatic carbocycles. The number of likely N-dealkylation sites (tertiary alicyclic amines) is 1. The maximum absolute atomic E-state index is 12.5. The highest BCUT2D eigenvalue weighted by Crippen LogP contribution is 2.53. The van der Waals surface area contributed by atoms with E-state index >= 15 is 0 Å². The molecule has 6 heteroatoms. The summed E-state index contributed by atoms with van der Waals surface area (Å²) >= 11 is 0. The molecule has 27 heavy (non-hydrogen) atoms. The lowest BCUT2D eigenvalue weighted by Crippen LogP contribution is -2.65. The Hall–Kier alpha value is -2.05. The van der Waals surface area contributed by atoms with E-state index in [0.717, 1.165) is 18.4 Å². The van der Waals surface area contributed by atoms with Gasteiger partial charge in [-0.15, -0.1) is 13.2 Å². The maximum Gasteiger partial charge on any atom is 0.573 e. The van der Waals surface area contributed by atoms with Crippen LogP contribution in [0.4, 0.5) is 13.2 Å². The number of halogens is 3. The summed E-state index contributed by atoms with van der Waals surface area (Å²) in [7, 11) is 2.00. The van der Waals surface area contributed by atoms with Gasteiger partial charge in [-0.25, -0.2) is 0 Å². The number of rotatable bonds is 6. The second kappa shape index (κ2) is 7.17. The zero-order valence-electron chi connectivity index (χ0n) is 15.5. The molecule has 1 N–H and O–H groups in total. The summed E-state index contributed by atoms with van der Waals surface area (Å²) in [6.45, 7) is 3.51. The third-order valence-electron chi connectivity index (χ3n) is 5.34. The van der Waals surface area contributed by atoms with Crippen molar-refractivity contribution in [2.45, 2.75) is 31.7 Å². The van der Waals surface area contributed by atoms with Crippen LogP contribution in [0.5, 0.6) is 5.75 Å². The Morgan fingerprint density at radius 2 is 1.56 bits per heavy atom. The number of ether oxygens (including phenoxy) is 1. The van der Waals surface area contributed by atoms with Crippen molar-refractivity contribution in [3.8, 4) is 5.75 Å². The topological polar surface area (TPSA) is 32.7 Å². The van der Waals surface area contributed by atoms with E-state index < -0.39 is 17.4 Å². The van der Waals surface area contributed by atoms with Crippen LogP contribution in [-0.2, 0) is 5.60 Å². The molecule has 3 rings (SSSR count). The van der Waals surface area contributed by atoms with Gasteiger partial charge in [0.05, 0.1) is 0 Å². The van der Waals surface area contributed by atoms with Gasteiger partial charge in [0.1, 0.15) is 11.4 Å². The van der Waals surface area contributed by atoms with Gasteiger partial charge in [-0.2, -0.15) is 0 Å². The second-order valence-corrected chi connectivity index (χ2v) is 7.35. The molecule has 0 amide bonds. The first-order valence-corrected chi connectivity index (χ1v) is 9.03. The summed E-state index contributed by atoms with van der Waals surface area (Å²) in [5.41, 5.74) is -0.376. The Kier molecular flexibility index (Phi) is 5.23. The van der Waals surface area contributed by atoms with Crippen molar-refractivity contribution < 1.29 is 23.0 Å². The highest BCUT2D eigenvalue weighted by molar-refractivity contribution is 5.42. The second-order valence-electron chi connectivity index (χ2n) is 7.35. The number of hydrogen-bond donors (Lipinski definition) is 1. The van der Waals surface area contributed by atoms with Crippen molar-refractivity contribution in [3.05, 3.63) is 65.7 Å². The molecule has 1 atom stereocenters. The predicted octanol–water partition coefficient (Wildman–Crippen LogP) is 4.55. The highest BCUT2D eigenvalue weighted by atomic mass is 19.4. The first-order valence-electron chi connectivity index (χ1n) is 9.03. The van der Waals surface area contributed by atoms with Crippen LogP contribution in [0.3, 0.4) is 0 Å². The molecular formula is C21H24F3NO2. The molecule has 3 nitrogen and oxygen atoms in total. The molecule has 0 bridgehead atoms. The summed E-state index contributed by atoms with van der Waals surface area (Å²) in [5.74, 6) is -0.295. The van der Waals surface area contributed by atoms with Gasteiger partial charge in [-0.05, 0) is 36.7 Å². The van der Waals surface area contributed by atoms with Crippen LogP contribution in [0.15, 0.2) is 54.6 Å². The normalized spacial score (nSPS) is 19.2. The van der Waals surface area contributed by atoms with E-state index in [0.29, 0.717) is 18.7 Å². The van der Waals surface area contributed by atoms with Crippen LogP contribution in [0, 0.1) is 5.41 Å². The van der Waals surface area contributed by atoms with Crippen LogP contribution < -0.4 is 4.74 Å². The van der Waals surface area contributed by atoms with E-state index in [2.05, 4.69) is 16.6 Å². The molecule has 1 aliphatic heterocycles. The van der Waals surface area contributed by atoms with Crippen LogP contribution in [0.1, 0.15) is 30.9 Å². The van der Waals surface area contributed by atoms with E-state index in [-0.39, 0.29) is 5.75 Å². The SMILES string of the molecule is CCCC1(C(O)(c2ccccc2)c2ccc(OC(F)(F)F)cc2)CN(C)C1. The first kappa shape index (κ1) is 19.7. The Morgan fingerprint density at radius 1 is 1.00 bits per heavy atom. The number of alkyl halides is 3. The standard InChI is InChI=1S/C21H24F3NO2/c1-3-13-19(14-25(2)15-19)20(26,16-7-5-4-6-8-16)17-9-11-18(12-10-17)27-21(22,23)24/h4-12,26H,3,13-15H2,1-2H3. The zero-order valence-corrected chi connectivity index (χ0v) is 15.5. The van der Waals surface area contributed by atoms with Crippen molar-refractivity contribution in [3.63, 3.8) is 0 Å². The minimum Gasteiger partial charge on any atom is -0.406 e. The van der Waals surface area contributed by atoms with Gasteiger partial charge < -0.3 is 14.7 Å². The fraction of sp³-hybridized carbons (Fsp3) is 0.429. The molecule has 1 fully saturated rings. The van der Waals surface area contributed by atoms with Gasteiger partial charge in [0.25, 0.3) is 0 Å². The third kappa shape index (κ3) is 3.69. The fourth-order valence-electron chi connectivity index (χ4n) is 4.39. The van der Waals surface area contributed by atoms with Crippen molar-refractivity contribution in [1.29, 1.82) is 0 Å². The van der Waals surface area contributed by atoms with Crippen molar-refractivity contribution in [1.82, 2.24) is 4.90 Å². The smallest absolute Gasteiger partial charge is 0.406 e. The number of benzene rings is 2. The largest absolute Gasteiger partial charge is 0.573 e. The van der Waals surface area contributed by atoms with Crippen LogP contribution in [-0.4, -0.2) is 36.5 Å². The lowest BCUT2D eigenvalue weighted by Gasteiger charge is -2.58.